The molecular formula is C31H43NO4. The maximum Gasteiger partial charge on any atom is 0.309 e. The van der Waals surface area contributed by atoms with Crippen LogP contribution >= 0.6 is 0 Å². The quantitative estimate of drug-likeness (QED) is 0.458. The first-order valence-electron chi connectivity index (χ1n) is 13.9. The van der Waals surface area contributed by atoms with Gasteiger partial charge in [-0.2, -0.15) is 5.26 Å². The van der Waals surface area contributed by atoms with Gasteiger partial charge < -0.3 is 5.11 Å². The summed E-state index contributed by atoms with van der Waals surface area (Å²) < 4.78 is 0. The van der Waals surface area contributed by atoms with Crippen molar-refractivity contribution in [3.8, 4) is 6.07 Å². The van der Waals surface area contributed by atoms with Crippen LogP contribution in [0.15, 0.2) is 11.6 Å². The molecule has 0 bridgehead atoms. The molecule has 0 aromatic carbocycles. The Labute approximate surface area is 216 Å². The molecule has 0 heterocycles. The fourth-order valence-corrected chi connectivity index (χ4v) is 10.5. The first-order valence-corrected chi connectivity index (χ1v) is 13.9. The summed E-state index contributed by atoms with van der Waals surface area (Å²) in [6.45, 7) is 15.0. The van der Waals surface area contributed by atoms with Crippen molar-refractivity contribution in [1.82, 2.24) is 0 Å². The van der Waals surface area contributed by atoms with E-state index in [0.717, 1.165) is 32.1 Å². The molecule has 9 atom stereocenters. The zero-order valence-corrected chi connectivity index (χ0v) is 23.2. The smallest absolute Gasteiger partial charge is 0.309 e. The lowest BCUT2D eigenvalue weighted by molar-refractivity contribution is -0.191. The van der Waals surface area contributed by atoms with E-state index in [9.17, 15) is 24.8 Å². The number of allylic oxidation sites excluding steroid dienone is 2. The maximum atomic E-state index is 14.3. The summed E-state index contributed by atoms with van der Waals surface area (Å²) in [6.07, 6.45) is 8.35. The number of hydrogen-bond acceptors (Lipinski definition) is 4. The number of carbonyl (C=O) groups excluding carboxylic acids is 2. The zero-order chi connectivity index (χ0) is 26.7. The Morgan fingerprint density at radius 2 is 1.61 bits per heavy atom. The molecule has 0 spiro atoms. The minimum atomic E-state index is -0.762. The first kappa shape index (κ1) is 25.7. The highest BCUT2D eigenvalue weighted by Crippen LogP contribution is 2.75. The highest BCUT2D eigenvalue weighted by molar-refractivity contribution is 5.97. The summed E-state index contributed by atoms with van der Waals surface area (Å²) in [6, 6.07) is 2.29. The molecule has 36 heavy (non-hydrogen) atoms. The van der Waals surface area contributed by atoms with Crippen LogP contribution in [0, 0.1) is 67.5 Å². The van der Waals surface area contributed by atoms with Gasteiger partial charge in [-0.05, 0) is 97.9 Å². The Balaban J connectivity index is 1.65. The highest BCUT2D eigenvalue weighted by atomic mass is 16.4. The molecule has 0 unspecified atom stereocenters. The van der Waals surface area contributed by atoms with Crippen molar-refractivity contribution in [2.45, 2.75) is 99.8 Å². The second kappa shape index (κ2) is 7.33. The fraction of sp³-hybridized carbons (Fsp3) is 0.806. The van der Waals surface area contributed by atoms with Gasteiger partial charge >= 0.3 is 5.97 Å². The van der Waals surface area contributed by atoms with Crippen molar-refractivity contribution in [3.05, 3.63) is 11.6 Å². The van der Waals surface area contributed by atoms with E-state index >= 15 is 0 Å². The number of carboxylic acid groups (broad SMARTS) is 1. The third-order valence-electron chi connectivity index (χ3n) is 13.0. The molecule has 5 aliphatic rings. The van der Waals surface area contributed by atoms with Crippen molar-refractivity contribution in [2.24, 2.45) is 56.2 Å². The van der Waals surface area contributed by atoms with Gasteiger partial charge in [0.2, 0.25) is 0 Å². The van der Waals surface area contributed by atoms with Crippen molar-refractivity contribution < 1.29 is 19.5 Å². The van der Waals surface area contributed by atoms with E-state index in [0.29, 0.717) is 19.3 Å². The van der Waals surface area contributed by atoms with E-state index in [1.54, 1.807) is 0 Å². The molecule has 4 saturated carbocycles. The van der Waals surface area contributed by atoms with Crippen LogP contribution in [-0.4, -0.2) is 22.6 Å². The molecule has 196 valence electrons. The first-order chi connectivity index (χ1) is 16.5. The van der Waals surface area contributed by atoms with Crippen LogP contribution < -0.4 is 0 Å². The standard InChI is InChI=1S/C31H43NO4/c1-26(2)22-8-9-31(7)23(29(22,5)15-18(17-32)24(26)34)21(33)14-19-20-16-28(4,25(35)36)11-10-27(20,3)12-13-30(19,31)6/h14,18,20,22-23H,8-13,15-16H2,1-7H3,(H,35,36)/t18-,20-,22-,23+,27+,28+,29-,30+,31+/m0/s1. The third kappa shape index (κ3) is 2.91. The molecule has 0 amide bonds. The molecule has 0 aromatic heterocycles. The molecule has 0 aromatic rings. The van der Waals surface area contributed by atoms with Gasteiger partial charge in [-0.25, -0.2) is 0 Å². The lowest BCUT2D eigenvalue weighted by Crippen LogP contribution is -2.67. The van der Waals surface area contributed by atoms with Crippen LogP contribution in [0.3, 0.4) is 0 Å². The Bertz CT molecular complexity index is 1130. The number of carbonyl (C=O) groups is 3. The van der Waals surface area contributed by atoms with Gasteiger partial charge in [0.15, 0.2) is 11.6 Å². The Kier molecular flexibility index (Phi) is 5.23. The number of nitriles is 1. The van der Waals surface area contributed by atoms with E-state index in [1.807, 2.05) is 26.8 Å². The van der Waals surface area contributed by atoms with Gasteiger partial charge in [0.05, 0.1) is 11.5 Å². The summed E-state index contributed by atoms with van der Waals surface area (Å²) in [5.74, 6) is -1.29. The third-order valence-corrected chi connectivity index (χ3v) is 13.0. The zero-order valence-electron chi connectivity index (χ0n) is 23.2. The van der Waals surface area contributed by atoms with Crippen molar-refractivity contribution in [2.75, 3.05) is 0 Å². The second-order valence-electron chi connectivity index (χ2n) is 15.0. The fourth-order valence-electron chi connectivity index (χ4n) is 10.5. The molecule has 4 fully saturated rings. The van der Waals surface area contributed by atoms with E-state index in [-0.39, 0.29) is 45.6 Å². The summed E-state index contributed by atoms with van der Waals surface area (Å²) >= 11 is 0. The average Bonchev–Trinajstić information content (AvgIpc) is 2.78. The van der Waals surface area contributed by atoms with E-state index < -0.39 is 28.1 Å². The number of rotatable bonds is 1. The summed E-state index contributed by atoms with van der Waals surface area (Å²) in [5, 5.41) is 20.0. The lowest BCUT2D eigenvalue weighted by atomic mass is 9.33. The van der Waals surface area contributed by atoms with Gasteiger partial charge in [-0.15, -0.1) is 0 Å². The minimum Gasteiger partial charge on any atom is -0.481 e. The largest absolute Gasteiger partial charge is 0.481 e. The summed E-state index contributed by atoms with van der Waals surface area (Å²) in [5.41, 5.74) is -1.08. The molecule has 1 N–H and O–H groups in total. The number of hydrogen-bond donors (Lipinski definition) is 1. The van der Waals surface area contributed by atoms with Gasteiger partial charge in [-0.1, -0.05) is 47.1 Å². The number of nitrogens with zero attached hydrogens (tertiary/aromatic N) is 1. The van der Waals surface area contributed by atoms with Gasteiger partial charge in [0.1, 0.15) is 5.92 Å². The van der Waals surface area contributed by atoms with Crippen molar-refractivity contribution >= 4 is 17.5 Å². The van der Waals surface area contributed by atoms with Crippen LogP contribution in [0.2, 0.25) is 0 Å². The SMILES string of the molecule is CC1(C)C(=O)[C@H](C#N)C[C@]2(C)[C@H]3C(=O)C=C4[C@@H]5C[C@](C)(C(=O)O)CC[C@]5(C)CC[C@@]4(C)[C@]3(C)CC[C@@H]12. The number of aliphatic carboxylic acids is 1. The number of ketones is 2. The molecule has 5 nitrogen and oxygen atoms in total. The van der Waals surface area contributed by atoms with E-state index in [1.165, 1.54) is 5.57 Å². The predicted octanol–water partition coefficient (Wildman–Crippen LogP) is 6.37. The maximum absolute atomic E-state index is 14.3. The predicted molar refractivity (Wildman–Crippen MR) is 137 cm³/mol. The molecule has 0 radical (unpaired) electrons. The molecule has 5 aliphatic carbocycles. The van der Waals surface area contributed by atoms with E-state index in [4.69, 9.17) is 0 Å². The summed E-state index contributed by atoms with van der Waals surface area (Å²) in [7, 11) is 0. The van der Waals surface area contributed by atoms with Gasteiger partial charge in [0, 0.05) is 11.3 Å². The average molecular weight is 494 g/mol. The molecule has 0 aliphatic heterocycles. The Morgan fingerprint density at radius 3 is 2.22 bits per heavy atom. The van der Waals surface area contributed by atoms with Gasteiger partial charge in [-0.3, -0.25) is 14.4 Å². The van der Waals surface area contributed by atoms with Crippen LogP contribution in [0.25, 0.3) is 0 Å². The Morgan fingerprint density at radius 1 is 0.972 bits per heavy atom. The number of Topliss-reactive ketones (excluding diaryl/α,β-unsaturated/α-hetero) is 1. The van der Waals surface area contributed by atoms with E-state index in [2.05, 4.69) is 33.8 Å². The topological polar surface area (TPSA) is 95.2 Å². The molecule has 5 rings (SSSR count). The highest BCUT2D eigenvalue weighted by Gasteiger charge is 2.71. The van der Waals surface area contributed by atoms with Crippen molar-refractivity contribution in [3.63, 3.8) is 0 Å². The monoisotopic (exact) mass is 493 g/mol. The second-order valence-corrected chi connectivity index (χ2v) is 15.0. The van der Waals surface area contributed by atoms with Crippen LogP contribution in [0.1, 0.15) is 99.8 Å². The Hall–Kier alpha value is -1.96. The molecule has 5 heteroatoms. The van der Waals surface area contributed by atoms with Gasteiger partial charge in [0.25, 0.3) is 0 Å². The number of carboxylic acids is 1. The molecule has 0 saturated heterocycles. The lowest BCUT2D eigenvalue weighted by Gasteiger charge is -2.70. The minimum absolute atomic E-state index is 0.0238. The van der Waals surface area contributed by atoms with Crippen molar-refractivity contribution in [1.29, 1.82) is 5.26 Å². The number of fused-ring (bicyclic) bond motifs is 7. The van der Waals surface area contributed by atoms with Crippen LogP contribution in [0.4, 0.5) is 0 Å². The summed E-state index contributed by atoms with van der Waals surface area (Å²) in [4.78, 5) is 39.8. The van der Waals surface area contributed by atoms with Crippen LogP contribution in [-0.2, 0) is 14.4 Å². The normalized spacial score (nSPS) is 51.6. The van der Waals surface area contributed by atoms with Crippen LogP contribution in [0.5, 0.6) is 0 Å². The molecular weight excluding hydrogens is 450 g/mol.